The second kappa shape index (κ2) is 9.16. The van der Waals surface area contributed by atoms with Crippen LogP contribution in [0.1, 0.15) is 57.4 Å². The first kappa shape index (κ1) is 18.9. The zero-order valence-electron chi connectivity index (χ0n) is 14.9. The molecule has 2 rings (SSSR count). The van der Waals surface area contributed by atoms with Crippen LogP contribution in [0.5, 0.6) is 5.75 Å². The van der Waals surface area contributed by atoms with Crippen molar-refractivity contribution in [1.82, 2.24) is 4.90 Å². The van der Waals surface area contributed by atoms with Crippen LogP contribution in [-0.4, -0.2) is 29.6 Å². The molecule has 5 nitrogen and oxygen atoms in total. The number of hydrogen-bond donors (Lipinski definition) is 0. The van der Waals surface area contributed by atoms with E-state index in [1.807, 2.05) is 0 Å². The van der Waals surface area contributed by atoms with E-state index in [0.29, 0.717) is 23.3 Å². The van der Waals surface area contributed by atoms with Gasteiger partial charge in [0.2, 0.25) is 11.8 Å². The van der Waals surface area contributed by atoms with Crippen LogP contribution >= 0.6 is 0 Å². The zero-order chi connectivity index (χ0) is 18.2. The highest BCUT2D eigenvalue weighted by atomic mass is 16.5. The number of nitrogens with zero attached hydrogens (tertiary/aromatic N) is 1. The highest BCUT2D eigenvalue weighted by molar-refractivity contribution is 6.29. The summed E-state index contributed by atoms with van der Waals surface area (Å²) in [6, 6.07) is 7.01. The SMILES string of the molecule is CCCCCCCC(=O)N1C=C(c2ccc(OC)cc2)C(=O)CC1=O. The van der Waals surface area contributed by atoms with Crippen molar-refractivity contribution in [3.63, 3.8) is 0 Å². The van der Waals surface area contributed by atoms with Crippen LogP contribution in [0.25, 0.3) is 5.57 Å². The number of Topliss-reactive ketones (excluding diaryl/α,β-unsaturated/α-hetero) is 1. The van der Waals surface area contributed by atoms with Crippen LogP contribution in [0.3, 0.4) is 0 Å². The fourth-order valence-electron chi connectivity index (χ4n) is 2.81. The molecule has 0 radical (unpaired) electrons. The predicted octanol–water partition coefficient (Wildman–Crippen LogP) is 3.72. The second-order valence-electron chi connectivity index (χ2n) is 6.19. The van der Waals surface area contributed by atoms with E-state index in [9.17, 15) is 14.4 Å². The lowest BCUT2D eigenvalue weighted by atomic mass is 9.97. The molecule has 1 aliphatic heterocycles. The van der Waals surface area contributed by atoms with Crippen molar-refractivity contribution in [2.75, 3.05) is 7.11 Å². The number of carbonyl (C=O) groups excluding carboxylic acids is 3. The molecule has 2 amide bonds. The van der Waals surface area contributed by atoms with Crippen LogP contribution in [-0.2, 0) is 14.4 Å². The highest BCUT2D eigenvalue weighted by Crippen LogP contribution is 2.25. The number of allylic oxidation sites excluding steroid dienone is 1. The van der Waals surface area contributed by atoms with Gasteiger partial charge in [-0.25, -0.2) is 0 Å². The molecule has 25 heavy (non-hydrogen) atoms. The third-order valence-electron chi connectivity index (χ3n) is 4.30. The minimum Gasteiger partial charge on any atom is -0.497 e. The number of carbonyl (C=O) groups is 3. The Morgan fingerprint density at radius 2 is 1.76 bits per heavy atom. The van der Waals surface area contributed by atoms with Gasteiger partial charge in [-0.05, 0) is 24.1 Å². The summed E-state index contributed by atoms with van der Waals surface area (Å²) in [5, 5.41) is 0. The molecule has 0 fully saturated rings. The summed E-state index contributed by atoms with van der Waals surface area (Å²) in [7, 11) is 1.57. The summed E-state index contributed by atoms with van der Waals surface area (Å²) in [5.74, 6) is -0.258. The summed E-state index contributed by atoms with van der Waals surface area (Å²) in [4.78, 5) is 37.7. The Hall–Kier alpha value is -2.43. The van der Waals surface area contributed by atoms with Crippen molar-refractivity contribution >= 4 is 23.2 Å². The molecular weight excluding hydrogens is 318 g/mol. The Bertz CT molecular complexity index is 661. The molecule has 1 heterocycles. The Kier molecular flexibility index (Phi) is 6.92. The van der Waals surface area contributed by atoms with Crippen LogP contribution in [0.15, 0.2) is 30.5 Å². The number of benzene rings is 1. The van der Waals surface area contributed by atoms with E-state index in [1.165, 1.54) is 6.20 Å². The van der Waals surface area contributed by atoms with E-state index in [-0.39, 0.29) is 18.1 Å². The molecule has 1 aliphatic rings. The Morgan fingerprint density at radius 1 is 1.08 bits per heavy atom. The first-order valence-electron chi connectivity index (χ1n) is 8.81. The maximum absolute atomic E-state index is 12.4. The molecule has 5 heteroatoms. The Labute approximate surface area is 148 Å². The van der Waals surface area contributed by atoms with Crippen molar-refractivity contribution in [2.24, 2.45) is 0 Å². The van der Waals surface area contributed by atoms with Crippen molar-refractivity contribution in [1.29, 1.82) is 0 Å². The zero-order valence-corrected chi connectivity index (χ0v) is 14.9. The molecule has 0 bridgehead atoms. The van der Waals surface area contributed by atoms with Crippen molar-refractivity contribution < 1.29 is 19.1 Å². The summed E-state index contributed by atoms with van der Waals surface area (Å²) >= 11 is 0. The van der Waals surface area contributed by atoms with E-state index < -0.39 is 5.91 Å². The van der Waals surface area contributed by atoms with Crippen LogP contribution in [0.2, 0.25) is 0 Å². The Balaban J connectivity index is 2.08. The molecule has 0 unspecified atom stereocenters. The number of methoxy groups -OCH3 is 1. The number of unbranched alkanes of at least 4 members (excludes halogenated alkanes) is 4. The van der Waals surface area contributed by atoms with Crippen LogP contribution in [0, 0.1) is 0 Å². The van der Waals surface area contributed by atoms with Gasteiger partial charge in [0.05, 0.1) is 13.5 Å². The maximum atomic E-state index is 12.4. The predicted molar refractivity (Wildman–Crippen MR) is 95.8 cm³/mol. The van der Waals surface area contributed by atoms with E-state index in [1.54, 1.807) is 31.4 Å². The molecule has 134 valence electrons. The number of ether oxygens (including phenoxy) is 1. The number of rotatable bonds is 8. The molecule has 1 aromatic rings. The van der Waals surface area contributed by atoms with Gasteiger partial charge in [-0.2, -0.15) is 0 Å². The van der Waals surface area contributed by atoms with E-state index in [4.69, 9.17) is 4.74 Å². The number of imide groups is 1. The standard InChI is InChI=1S/C20H25NO4/c1-3-4-5-6-7-8-19(23)21-14-17(18(22)13-20(21)24)15-9-11-16(25-2)12-10-15/h9-12,14H,3-8,13H2,1-2H3. The van der Waals surface area contributed by atoms with Gasteiger partial charge in [0.15, 0.2) is 5.78 Å². The van der Waals surface area contributed by atoms with Gasteiger partial charge >= 0.3 is 0 Å². The van der Waals surface area contributed by atoms with Gasteiger partial charge in [-0.3, -0.25) is 19.3 Å². The van der Waals surface area contributed by atoms with Gasteiger partial charge in [-0.15, -0.1) is 0 Å². The highest BCUT2D eigenvalue weighted by Gasteiger charge is 2.29. The normalized spacial score (nSPS) is 14.5. The van der Waals surface area contributed by atoms with E-state index in [2.05, 4.69) is 6.92 Å². The summed E-state index contributed by atoms with van der Waals surface area (Å²) in [5.41, 5.74) is 1.07. The van der Waals surface area contributed by atoms with Crippen molar-refractivity contribution in [2.45, 2.75) is 51.9 Å². The molecule has 1 aromatic carbocycles. The van der Waals surface area contributed by atoms with Crippen LogP contribution in [0.4, 0.5) is 0 Å². The first-order chi connectivity index (χ1) is 12.1. The average Bonchev–Trinajstić information content (AvgIpc) is 2.61. The number of ketones is 1. The molecule has 0 N–H and O–H groups in total. The van der Waals surface area contributed by atoms with Gasteiger partial charge in [-0.1, -0.05) is 44.7 Å². The third kappa shape index (κ3) is 5.02. The molecule has 0 aliphatic carbocycles. The first-order valence-corrected chi connectivity index (χ1v) is 8.81. The lowest BCUT2D eigenvalue weighted by Crippen LogP contribution is -2.37. The van der Waals surface area contributed by atoms with Crippen LogP contribution < -0.4 is 4.74 Å². The quantitative estimate of drug-likeness (QED) is 0.533. The summed E-state index contributed by atoms with van der Waals surface area (Å²) < 4.78 is 5.11. The second-order valence-corrected chi connectivity index (χ2v) is 6.19. The fourth-order valence-corrected chi connectivity index (χ4v) is 2.81. The van der Waals surface area contributed by atoms with Gasteiger partial charge in [0.25, 0.3) is 0 Å². The number of amides is 2. The number of hydrogen-bond acceptors (Lipinski definition) is 4. The van der Waals surface area contributed by atoms with E-state index >= 15 is 0 Å². The molecule has 0 saturated carbocycles. The third-order valence-corrected chi connectivity index (χ3v) is 4.30. The van der Waals surface area contributed by atoms with Crippen molar-refractivity contribution in [3.05, 3.63) is 36.0 Å². The maximum Gasteiger partial charge on any atom is 0.241 e. The lowest BCUT2D eigenvalue weighted by molar-refractivity contribution is -0.142. The molecule has 0 atom stereocenters. The topological polar surface area (TPSA) is 63.7 Å². The monoisotopic (exact) mass is 343 g/mol. The Morgan fingerprint density at radius 3 is 2.40 bits per heavy atom. The minimum atomic E-state index is -0.444. The smallest absolute Gasteiger partial charge is 0.241 e. The molecule has 0 spiro atoms. The van der Waals surface area contributed by atoms with Crippen molar-refractivity contribution in [3.8, 4) is 5.75 Å². The summed E-state index contributed by atoms with van der Waals surface area (Å²) in [6.45, 7) is 2.14. The van der Waals surface area contributed by atoms with Gasteiger partial charge in [0, 0.05) is 18.2 Å². The van der Waals surface area contributed by atoms with E-state index in [0.717, 1.165) is 37.0 Å². The van der Waals surface area contributed by atoms with Gasteiger partial charge in [0.1, 0.15) is 5.75 Å². The lowest BCUT2D eigenvalue weighted by Gasteiger charge is -2.23. The average molecular weight is 343 g/mol. The van der Waals surface area contributed by atoms with Gasteiger partial charge < -0.3 is 4.74 Å². The molecule has 0 saturated heterocycles. The molecular formula is C20H25NO4. The fraction of sp³-hybridized carbons (Fsp3) is 0.450. The largest absolute Gasteiger partial charge is 0.497 e. The summed E-state index contributed by atoms with van der Waals surface area (Å²) in [6.07, 6.45) is 6.61. The molecule has 0 aromatic heterocycles. The minimum absolute atomic E-state index is 0.236.